The molecule has 1 N–H and O–H groups in total. The number of nitrogens with zero attached hydrogens (tertiary/aromatic N) is 2. The molecule has 0 aliphatic carbocycles. The maximum absolute atomic E-state index is 12.2. The van der Waals surface area contributed by atoms with Crippen molar-refractivity contribution < 1.29 is 9.53 Å². The molecule has 0 saturated carbocycles. The normalized spacial score (nSPS) is 10.9. The molecule has 0 saturated heterocycles. The fourth-order valence-corrected chi connectivity index (χ4v) is 2.84. The van der Waals surface area contributed by atoms with Crippen LogP contribution in [0, 0.1) is 5.92 Å². The second-order valence-corrected chi connectivity index (χ2v) is 7.14. The Morgan fingerprint density at radius 3 is 2.44 bits per heavy atom. The van der Waals surface area contributed by atoms with Gasteiger partial charge in [0.05, 0.1) is 23.5 Å². The molecule has 0 fully saturated rings. The van der Waals surface area contributed by atoms with Crippen LogP contribution in [0.5, 0.6) is 5.75 Å². The minimum atomic E-state index is -0.174. The third kappa shape index (κ3) is 4.26. The lowest BCUT2D eigenvalue weighted by atomic mass is 10.1. The van der Waals surface area contributed by atoms with E-state index in [2.05, 4.69) is 10.4 Å². The summed E-state index contributed by atoms with van der Waals surface area (Å²) in [6.45, 7) is 3.65. The zero-order chi connectivity index (χ0) is 19.6. The fraction of sp³-hybridized carbons (Fsp3) is 0.200. The number of hydrogen-bond donors (Lipinski definition) is 1. The number of halogens is 2. The highest BCUT2D eigenvalue weighted by Gasteiger charge is 2.17. The Morgan fingerprint density at radius 2 is 1.81 bits per heavy atom. The Kier molecular flexibility index (Phi) is 5.73. The van der Waals surface area contributed by atoms with Gasteiger partial charge in [-0.05, 0) is 42.5 Å². The van der Waals surface area contributed by atoms with Gasteiger partial charge in [0.15, 0.2) is 0 Å². The first-order valence-electron chi connectivity index (χ1n) is 8.40. The van der Waals surface area contributed by atoms with Gasteiger partial charge in [-0.3, -0.25) is 4.79 Å². The molecule has 0 atom stereocenters. The first-order valence-corrected chi connectivity index (χ1v) is 9.15. The fourth-order valence-electron chi connectivity index (χ4n) is 2.48. The van der Waals surface area contributed by atoms with Crippen molar-refractivity contribution >= 4 is 34.9 Å². The van der Waals surface area contributed by atoms with Crippen LogP contribution >= 0.6 is 23.2 Å². The molecule has 0 spiro atoms. The highest BCUT2D eigenvalue weighted by atomic mass is 35.5. The van der Waals surface area contributed by atoms with Crippen molar-refractivity contribution in [1.29, 1.82) is 0 Å². The Hall–Kier alpha value is -2.50. The molecule has 0 aliphatic heterocycles. The molecule has 2 aromatic carbocycles. The van der Waals surface area contributed by atoms with E-state index in [9.17, 15) is 4.79 Å². The van der Waals surface area contributed by atoms with Crippen molar-refractivity contribution in [2.45, 2.75) is 13.8 Å². The molecule has 0 unspecified atom stereocenters. The summed E-state index contributed by atoms with van der Waals surface area (Å²) in [7, 11) is 1.62. The number of rotatable bonds is 5. The molecule has 1 heterocycles. The van der Waals surface area contributed by atoms with Gasteiger partial charge in [0, 0.05) is 22.6 Å². The molecule has 7 heteroatoms. The summed E-state index contributed by atoms with van der Waals surface area (Å²) in [5.41, 5.74) is 2.16. The summed E-state index contributed by atoms with van der Waals surface area (Å²) in [6, 6.07) is 14.4. The average Bonchev–Trinajstić information content (AvgIpc) is 3.07. The number of benzene rings is 2. The van der Waals surface area contributed by atoms with Crippen LogP contribution in [0.2, 0.25) is 10.0 Å². The van der Waals surface area contributed by atoms with Crippen molar-refractivity contribution in [3.63, 3.8) is 0 Å². The summed E-state index contributed by atoms with van der Waals surface area (Å²) in [5.74, 6) is 0.983. The van der Waals surface area contributed by atoms with Crippen molar-refractivity contribution in [3.05, 3.63) is 58.6 Å². The van der Waals surface area contributed by atoms with Crippen molar-refractivity contribution in [2.24, 2.45) is 5.92 Å². The highest BCUT2D eigenvalue weighted by Crippen LogP contribution is 2.31. The van der Waals surface area contributed by atoms with Gasteiger partial charge in [0.25, 0.3) is 0 Å². The van der Waals surface area contributed by atoms with E-state index in [1.54, 1.807) is 36.1 Å². The van der Waals surface area contributed by atoms with Gasteiger partial charge in [-0.15, -0.1) is 0 Å². The predicted octanol–water partition coefficient (Wildman–Crippen LogP) is 5.45. The minimum absolute atomic E-state index is 0.115. The number of methoxy groups -OCH3 is 1. The number of aromatic nitrogens is 2. The van der Waals surface area contributed by atoms with Crippen LogP contribution in [0.3, 0.4) is 0 Å². The Bertz CT molecular complexity index is 966. The molecule has 140 valence electrons. The first-order chi connectivity index (χ1) is 12.9. The van der Waals surface area contributed by atoms with Crippen molar-refractivity contribution in [1.82, 2.24) is 9.78 Å². The Morgan fingerprint density at radius 1 is 1.11 bits per heavy atom. The van der Waals surface area contributed by atoms with Crippen LogP contribution in [0.1, 0.15) is 13.8 Å². The van der Waals surface area contributed by atoms with Gasteiger partial charge in [-0.2, -0.15) is 5.10 Å². The number of carbonyl (C=O) groups excluding carboxylic acids is 1. The summed E-state index contributed by atoms with van der Waals surface area (Å²) in [5, 5.41) is 8.54. The SMILES string of the molecule is COc1ccc(-c2cc(NC(=O)C(C)C)n(-c3cc(Cl)ccc3Cl)n2)cc1. The highest BCUT2D eigenvalue weighted by molar-refractivity contribution is 6.34. The molecule has 1 amide bonds. The Balaban J connectivity index is 2.10. The smallest absolute Gasteiger partial charge is 0.228 e. The van der Waals surface area contributed by atoms with E-state index in [4.69, 9.17) is 27.9 Å². The summed E-state index contributed by atoms with van der Waals surface area (Å²) >= 11 is 12.5. The number of hydrogen-bond acceptors (Lipinski definition) is 3. The zero-order valence-corrected chi connectivity index (χ0v) is 16.7. The largest absolute Gasteiger partial charge is 0.497 e. The quantitative estimate of drug-likeness (QED) is 0.615. The van der Waals surface area contributed by atoms with E-state index < -0.39 is 0 Å². The number of anilines is 1. The third-order valence-electron chi connectivity index (χ3n) is 4.01. The van der Waals surface area contributed by atoms with Gasteiger partial charge in [0.1, 0.15) is 11.6 Å². The standard InChI is InChI=1S/C20H19Cl2N3O2/c1-12(2)20(26)23-19-11-17(13-4-7-15(27-3)8-5-13)24-25(19)18-10-14(21)6-9-16(18)22/h4-12H,1-3H3,(H,23,26). The Labute approximate surface area is 167 Å². The maximum Gasteiger partial charge on any atom is 0.228 e. The molecule has 3 aromatic rings. The van der Waals surface area contributed by atoms with Crippen LogP contribution in [-0.2, 0) is 4.79 Å². The van der Waals surface area contributed by atoms with Gasteiger partial charge in [0.2, 0.25) is 5.91 Å². The van der Waals surface area contributed by atoms with E-state index in [-0.39, 0.29) is 11.8 Å². The molecule has 1 aromatic heterocycles. The van der Waals surface area contributed by atoms with E-state index in [0.717, 1.165) is 11.3 Å². The monoisotopic (exact) mass is 403 g/mol. The van der Waals surface area contributed by atoms with Crippen molar-refractivity contribution in [3.8, 4) is 22.7 Å². The lowest BCUT2D eigenvalue weighted by Gasteiger charge is -2.11. The van der Waals surface area contributed by atoms with Crippen LogP contribution in [0.25, 0.3) is 16.9 Å². The molecule has 3 rings (SSSR count). The number of ether oxygens (including phenoxy) is 1. The lowest BCUT2D eigenvalue weighted by Crippen LogP contribution is -2.20. The number of carbonyl (C=O) groups is 1. The van der Waals surface area contributed by atoms with Gasteiger partial charge in [-0.1, -0.05) is 37.0 Å². The van der Waals surface area contributed by atoms with Gasteiger partial charge >= 0.3 is 0 Å². The second-order valence-electron chi connectivity index (χ2n) is 6.29. The molecule has 5 nitrogen and oxygen atoms in total. The summed E-state index contributed by atoms with van der Waals surface area (Å²) < 4.78 is 6.79. The van der Waals surface area contributed by atoms with Crippen LogP contribution in [0.4, 0.5) is 5.82 Å². The molecule has 27 heavy (non-hydrogen) atoms. The number of amides is 1. The third-order valence-corrected chi connectivity index (χ3v) is 4.56. The molecule has 0 radical (unpaired) electrons. The van der Waals surface area contributed by atoms with E-state index >= 15 is 0 Å². The topological polar surface area (TPSA) is 56.1 Å². The predicted molar refractivity (Wildman–Crippen MR) is 109 cm³/mol. The average molecular weight is 404 g/mol. The van der Waals surface area contributed by atoms with Crippen LogP contribution in [0.15, 0.2) is 48.5 Å². The zero-order valence-electron chi connectivity index (χ0n) is 15.2. The van der Waals surface area contributed by atoms with E-state index in [0.29, 0.717) is 27.2 Å². The summed E-state index contributed by atoms with van der Waals surface area (Å²) in [6.07, 6.45) is 0. The van der Waals surface area contributed by atoms with E-state index in [1.807, 2.05) is 38.1 Å². The van der Waals surface area contributed by atoms with Gasteiger partial charge in [-0.25, -0.2) is 4.68 Å². The van der Waals surface area contributed by atoms with Crippen LogP contribution in [-0.4, -0.2) is 22.8 Å². The van der Waals surface area contributed by atoms with Crippen LogP contribution < -0.4 is 10.1 Å². The molecule has 0 aliphatic rings. The number of nitrogens with one attached hydrogen (secondary N) is 1. The van der Waals surface area contributed by atoms with E-state index in [1.165, 1.54) is 0 Å². The summed E-state index contributed by atoms with van der Waals surface area (Å²) in [4.78, 5) is 12.2. The minimum Gasteiger partial charge on any atom is -0.497 e. The lowest BCUT2D eigenvalue weighted by molar-refractivity contribution is -0.118. The van der Waals surface area contributed by atoms with Gasteiger partial charge < -0.3 is 10.1 Å². The first kappa shape index (κ1) is 19.3. The molecular formula is C20H19Cl2N3O2. The molecule has 0 bridgehead atoms. The van der Waals surface area contributed by atoms with Crippen molar-refractivity contribution in [2.75, 3.05) is 12.4 Å². The maximum atomic E-state index is 12.2. The second kappa shape index (κ2) is 8.03. The molecular weight excluding hydrogens is 385 g/mol.